The number of nitrogens with zero attached hydrogens (tertiary/aromatic N) is 3. The number of anilines is 2. The summed E-state index contributed by atoms with van der Waals surface area (Å²) in [4.78, 5) is 5.56. The largest absolute Gasteiger partial charge is 0.366 e. The van der Waals surface area contributed by atoms with E-state index >= 15 is 0 Å². The van der Waals surface area contributed by atoms with Crippen molar-refractivity contribution in [1.82, 2.24) is 14.8 Å². The summed E-state index contributed by atoms with van der Waals surface area (Å²) in [7, 11) is 0. The topological polar surface area (TPSA) is 68.8 Å². The van der Waals surface area contributed by atoms with Crippen molar-refractivity contribution in [3.63, 3.8) is 0 Å². The molecule has 1 aromatic carbocycles. The van der Waals surface area contributed by atoms with Crippen molar-refractivity contribution in [2.24, 2.45) is 0 Å². The van der Waals surface area contributed by atoms with Crippen LogP contribution in [0.15, 0.2) is 41.8 Å². The number of nitrogen functional groups attached to an aromatic ring is 1. The molecule has 0 radical (unpaired) electrons. The van der Waals surface area contributed by atoms with Crippen LogP contribution >= 0.6 is 22.9 Å². The lowest BCUT2D eigenvalue weighted by Crippen LogP contribution is -2.27. The van der Waals surface area contributed by atoms with Gasteiger partial charge in [-0.05, 0) is 35.6 Å². The molecule has 22 heavy (non-hydrogen) atoms. The Morgan fingerprint density at radius 1 is 1.27 bits per heavy atom. The van der Waals surface area contributed by atoms with Gasteiger partial charge < -0.3 is 11.1 Å². The predicted octanol–water partition coefficient (Wildman–Crippen LogP) is 3.72. The number of fused-ring (bicyclic) bond motifs is 1. The molecule has 0 unspecified atom stereocenters. The number of hydrogen-bond acceptors (Lipinski definition) is 5. The van der Waals surface area contributed by atoms with Gasteiger partial charge in [0.05, 0.1) is 12.1 Å². The summed E-state index contributed by atoms with van der Waals surface area (Å²) in [5.74, 6) is 1.00. The highest BCUT2D eigenvalue weighted by atomic mass is 35.5. The maximum Gasteiger partial charge on any atom is 0.241 e. The Morgan fingerprint density at radius 3 is 2.82 bits per heavy atom. The van der Waals surface area contributed by atoms with Crippen LogP contribution in [0.1, 0.15) is 28.9 Å². The monoisotopic (exact) mass is 331 g/mol. The van der Waals surface area contributed by atoms with E-state index in [0.29, 0.717) is 11.9 Å². The lowest BCUT2D eigenvalue weighted by molar-refractivity contribution is 0.437. The Hall–Kier alpha value is -2.05. The van der Waals surface area contributed by atoms with Gasteiger partial charge in [-0.15, -0.1) is 16.4 Å². The van der Waals surface area contributed by atoms with Crippen molar-refractivity contribution >= 4 is 34.8 Å². The average Bonchev–Trinajstić information content (AvgIpc) is 3.15. The maximum absolute atomic E-state index is 5.98. The number of thiophene rings is 1. The third-order valence-corrected chi connectivity index (χ3v) is 5.07. The fourth-order valence-corrected chi connectivity index (χ4v) is 3.78. The second-order valence-corrected chi connectivity index (χ2v) is 6.67. The molecule has 0 aliphatic carbocycles. The third kappa shape index (κ3) is 2.34. The summed E-state index contributed by atoms with van der Waals surface area (Å²) in [5.41, 5.74) is 6.96. The first-order chi connectivity index (χ1) is 10.7. The molecule has 1 aliphatic heterocycles. The van der Waals surface area contributed by atoms with Crippen LogP contribution in [0.25, 0.3) is 0 Å². The molecule has 0 amide bonds. The van der Waals surface area contributed by atoms with Crippen LogP contribution in [0, 0.1) is 0 Å². The van der Waals surface area contributed by atoms with Crippen molar-refractivity contribution in [3.8, 4) is 0 Å². The first-order valence-electron chi connectivity index (χ1n) is 6.98. The first-order valence-corrected chi connectivity index (χ1v) is 8.24. The summed E-state index contributed by atoms with van der Waals surface area (Å²) >= 11 is 7.71. The summed E-state index contributed by atoms with van der Waals surface area (Å²) in [6.07, 6.45) is 0.887. The number of benzene rings is 1. The van der Waals surface area contributed by atoms with Crippen molar-refractivity contribution in [2.45, 2.75) is 18.5 Å². The standard InChI is InChI=1S/C15H14ClN5S/c16-10-5-3-9(4-6-10)11-8-12(13-2-1-7-22-13)21-15(18-11)19-14(17)20-21/h1-7,11-12H,8H2,(H3,17,18,19,20)/t11-,12-/m1/s1. The maximum atomic E-state index is 5.98. The molecular weight excluding hydrogens is 318 g/mol. The summed E-state index contributed by atoms with van der Waals surface area (Å²) in [5, 5.41) is 10.6. The summed E-state index contributed by atoms with van der Waals surface area (Å²) in [6, 6.07) is 12.4. The smallest absolute Gasteiger partial charge is 0.241 e. The van der Waals surface area contributed by atoms with Gasteiger partial charge in [-0.1, -0.05) is 29.8 Å². The van der Waals surface area contributed by atoms with Gasteiger partial charge in [-0.2, -0.15) is 4.98 Å². The highest BCUT2D eigenvalue weighted by molar-refractivity contribution is 7.10. The van der Waals surface area contributed by atoms with Gasteiger partial charge in [0, 0.05) is 9.90 Å². The number of hydrogen-bond donors (Lipinski definition) is 2. The lowest BCUT2D eigenvalue weighted by Gasteiger charge is -2.30. The highest BCUT2D eigenvalue weighted by Gasteiger charge is 2.31. The van der Waals surface area contributed by atoms with E-state index < -0.39 is 0 Å². The third-order valence-electron chi connectivity index (χ3n) is 3.85. The van der Waals surface area contributed by atoms with Gasteiger partial charge in [0.2, 0.25) is 11.9 Å². The van der Waals surface area contributed by atoms with E-state index in [9.17, 15) is 0 Å². The quantitative estimate of drug-likeness (QED) is 0.751. The van der Waals surface area contributed by atoms with Crippen molar-refractivity contribution in [3.05, 3.63) is 57.2 Å². The molecule has 112 valence electrons. The minimum absolute atomic E-state index is 0.140. The van der Waals surface area contributed by atoms with E-state index in [1.807, 2.05) is 28.9 Å². The highest BCUT2D eigenvalue weighted by Crippen LogP contribution is 2.39. The van der Waals surface area contributed by atoms with Crippen LogP contribution in [-0.2, 0) is 0 Å². The van der Waals surface area contributed by atoms with Gasteiger partial charge in [0.15, 0.2) is 0 Å². The number of rotatable bonds is 2. The molecule has 3 heterocycles. The Bertz CT molecular complexity index is 781. The fraction of sp³-hybridized carbons (Fsp3) is 0.200. The Morgan fingerprint density at radius 2 is 2.09 bits per heavy atom. The zero-order valence-corrected chi connectivity index (χ0v) is 13.2. The van der Waals surface area contributed by atoms with Gasteiger partial charge in [0.1, 0.15) is 0 Å². The molecule has 7 heteroatoms. The molecule has 3 N–H and O–H groups in total. The molecule has 0 fully saturated rings. The van der Waals surface area contributed by atoms with Crippen LogP contribution in [0.4, 0.5) is 11.9 Å². The van der Waals surface area contributed by atoms with E-state index in [2.05, 4.69) is 32.9 Å². The molecule has 4 rings (SSSR count). The van der Waals surface area contributed by atoms with E-state index in [0.717, 1.165) is 11.4 Å². The number of halogens is 1. The molecule has 2 atom stereocenters. The minimum Gasteiger partial charge on any atom is -0.366 e. The zero-order chi connectivity index (χ0) is 15.1. The zero-order valence-electron chi connectivity index (χ0n) is 11.6. The number of nitrogens with two attached hydrogens (primary N) is 1. The van der Waals surface area contributed by atoms with Crippen LogP contribution in [0.5, 0.6) is 0 Å². The SMILES string of the molecule is Nc1nc2n(n1)[C@@H](c1cccs1)C[C@H](c1ccc(Cl)cc1)N2. The van der Waals surface area contributed by atoms with Gasteiger partial charge in [-0.3, -0.25) is 0 Å². The van der Waals surface area contributed by atoms with Crippen LogP contribution in [0.3, 0.4) is 0 Å². The second-order valence-electron chi connectivity index (χ2n) is 5.25. The normalized spacial score (nSPS) is 20.4. The van der Waals surface area contributed by atoms with Gasteiger partial charge >= 0.3 is 0 Å². The average molecular weight is 332 g/mol. The molecule has 0 saturated heterocycles. The Labute approximate surface area is 136 Å². The first kappa shape index (κ1) is 13.6. The van der Waals surface area contributed by atoms with E-state index in [1.165, 1.54) is 10.4 Å². The second kappa shape index (κ2) is 5.30. The molecule has 0 saturated carbocycles. The van der Waals surface area contributed by atoms with Crippen LogP contribution in [-0.4, -0.2) is 14.8 Å². The fourth-order valence-electron chi connectivity index (χ4n) is 2.83. The Balaban J connectivity index is 1.74. The van der Waals surface area contributed by atoms with E-state index in [1.54, 1.807) is 11.3 Å². The summed E-state index contributed by atoms with van der Waals surface area (Å²) < 4.78 is 1.88. The summed E-state index contributed by atoms with van der Waals surface area (Å²) in [6.45, 7) is 0. The van der Waals surface area contributed by atoms with Gasteiger partial charge in [-0.25, -0.2) is 4.68 Å². The molecule has 2 aromatic heterocycles. The Kier molecular flexibility index (Phi) is 3.28. The molecule has 0 bridgehead atoms. The van der Waals surface area contributed by atoms with E-state index in [4.69, 9.17) is 17.3 Å². The molecule has 1 aliphatic rings. The van der Waals surface area contributed by atoms with Gasteiger partial charge in [0.25, 0.3) is 0 Å². The van der Waals surface area contributed by atoms with Crippen molar-refractivity contribution in [2.75, 3.05) is 11.1 Å². The van der Waals surface area contributed by atoms with E-state index in [-0.39, 0.29) is 12.1 Å². The predicted molar refractivity (Wildman–Crippen MR) is 89.3 cm³/mol. The number of nitrogens with one attached hydrogen (secondary N) is 1. The molecule has 5 nitrogen and oxygen atoms in total. The van der Waals surface area contributed by atoms with Crippen LogP contribution in [0.2, 0.25) is 5.02 Å². The molecule has 0 spiro atoms. The van der Waals surface area contributed by atoms with Crippen molar-refractivity contribution < 1.29 is 0 Å². The van der Waals surface area contributed by atoms with Crippen molar-refractivity contribution in [1.29, 1.82) is 0 Å². The lowest BCUT2D eigenvalue weighted by atomic mass is 9.97. The molecular formula is C15H14ClN5S. The molecule has 3 aromatic rings. The minimum atomic E-state index is 0.140. The van der Waals surface area contributed by atoms with Crippen LogP contribution < -0.4 is 11.1 Å². The number of aromatic nitrogens is 3.